The summed E-state index contributed by atoms with van der Waals surface area (Å²) in [6, 6.07) is 4.09. The van der Waals surface area contributed by atoms with E-state index in [-0.39, 0.29) is 24.9 Å². The third kappa shape index (κ3) is 4.78. The third-order valence-electron chi connectivity index (χ3n) is 3.84. The minimum atomic E-state index is -0.576. The molecule has 0 atom stereocenters. The zero-order valence-corrected chi connectivity index (χ0v) is 15.3. The summed E-state index contributed by atoms with van der Waals surface area (Å²) >= 11 is 1.65. The number of carbonyl (C=O) groups excluding carboxylic acids is 1. The first-order valence-electron chi connectivity index (χ1n) is 8.08. The minimum absolute atomic E-state index is 0. The van der Waals surface area contributed by atoms with Crippen molar-refractivity contribution in [2.45, 2.75) is 39.2 Å². The fourth-order valence-corrected chi connectivity index (χ4v) is 3.67. The standard InChI is InChI=1S/C16H21N3O3S.ClH/c1-2-21-16(20)15-17-14(18-22-15)13-8-7-12(23-13)11-19-9-5-3-4-6-10-19;/h7-8H,2-6,9-11H2,1H3;1H. The van der Waals surface area contributed by atoms with Gasteiger partial charge in [-0.1, -0.05) is 18.0 Å². The number of esters is 1. The molecule has 0 N–H and O–H groups in total. The van der Waals surface area contributed by atoms with Crippen molar-refractivity contribution in [3.05, 3.63) is 22.9 Å². The van der Waals surface area contributed by atoms with Gasteiger partial charge in [0.05, 0.1) is 11.5 Å². The quantitative estimate of drug-likeness (QED) is 0.745. The van der Waals surface area contributed by atoms with Gasteiger partial charge in [0, 0.05) is 11.4 Å². The molecule has 1 fully saturated rings. The maximum absolute atomic E-state index is 11.6. The number of hydrogen-bond acceptors (Lipinski definition) is 7. The summed E-state index contributed by atoms with van der Waals surface area (Å²) in [4.78, 5) is 20.4. The molecule has 1 aliphatic rings. The molecule has 6 nitrogen and oxygen atoms in total. The second-order valence-corrected chi connectivity index (χ2v) is 6.77. The average Bonchev–Trinajstić information content (AvgIpc) is 3.13. The molecule has 3 heterocycles. The summed E-state index contributed by atoms with van der Waals surface area (Å²) in [5.41, 5.74) is 0. The van der Waals surface area contributed by atoms with Crippen molar-refractivity contribution in [2.24, 2.45) is 0 Å². The molecule has 8 heteroatoms. The van der Waals surface area contributed by atoms with Crippen molar-refractivity contribution < 1.29 is 14.1 Å². The fraction of sp³-hybridized carbons (Fsp3) is 0.562. The van der Waals surface area contributed by atoms with E-state index < -0.39 is 5.97 Å². The van der Waals surface area contributed by atoms with E-state index in [9.17, 15) is 4.79 Å². The molecule has 132 valence electrons. The Hall–Kier alpha value is -1.44. The highest BCUT2D eigenvalue weighted by molar-refractivity contribution is 7.15. The van der Waals surface area contributed by atoms with Crippen molar-refractivity contribution in [3.8, 4) is 10.7 Å². The Bertz CT molecular complexity index is 651. The number of carbonyl (C=O) groups is 1. The van der Waals surface area contributed by atoms with E-state index in [1.807, 2.05) is 6.07 Å². The Morgan fingerprint density at radius 2 is 2.04 bits per heavy atom. The SMILES string of the molecule is CCOC(=O)c1nc(-c2ccc(CN3CCCCCC3)s2)no1.Cl. The molecule has 0 aliphatic carbocycles. The maximum Gasteiger partial charge on any atom is 0.397 e. The van der Waals surface area contributed by atoms with Gasteiger partial charge in [-0.3, -0.25) is 4.90 Å². The van der Waals surface area contributed by atoms with Crippen LogP contribution < -0.4 is 0 Å². The van der Waals surface area contributed by atoms with Crippen LogP contribution >= 0.6 is 23.7 Å². The van der Waals surface area contributed by atoms with E-state index in [1.165, 1.54) is 43.6 Å². The summed E-state index contributed by atoms with van der Waals surface area (Å²) in [5.74, 6) is -0.225. The summed E-state index contributed by atoms with van der Waals surface area (Å²) < 4.78 is 9.83. The molecule has 0 amide bonds. The molecule has 0 aromatic carbocycles. The van der Waals surface area contributed by atoms with Crippen molar-refractivity contribution in [1.82, 2.24) is 15.0 Å². The molecule has 24 heavy (non-hydrogen) atoms. The summed E-state index contributed by atoms with van der Waals surface area (Å²) in [6.07, 6.45) is 5.25. The zero-order valence-electron chi connectivity index (χ0n) is 13.7. The lowest BCUT2D eigenvalue weighted by atomic mass is 10.2. The van der Waals surface area contributed by atoms with Gasteiger partial charge in [-0.15, -0.1) is 23.7 Å². The number of rotatable bonds is 5. The number of aromatic nitrogens is 2. The van der Waals surface area contributed by atoms with Crippen LogP contribution in [0.5, 0.6) is 0 Å². The zero-order chi connectivity index (χ0) is 16.1. The molecule has 3 rings (SSSR count). The summed E-state index contributed by atoms with van der Waals surface area (Å²) in [6.45, 7) is 5.33. The van der Waals surface area contributed by atoms with Gasteiger partial charge in [0.25, 0.3) is 0 Å². The first-order chi connectivity index (χ1) is 11.3. The largest absolute Gasteiger partial charge is 0.459 e. The lowest BCUT2D eigenvalue weighted by Crippen LogP contribution is -2.23. The van der Waals surface area contributed by atoms with E-state index in [0.29, 0.717) is 5.82 Å². The molecule has 0 spiro atoms. The molecular formula is C16H22ClN3O3S. The maximum atomic E-state index is 11.6. The average molecular weight is 372 g/mol. The highest BCUT2D eigenvalue weighted by Crippen LogP contribution is 2.27. The Kier molecular flexibility index (Phi) is 7.20. The topological polar surface area (TPSA) is 68.5 Å². The first-order valence-corrected chi connectivity index (χ1v) is 8.90. The Morgan fingerprint density at radius 1 is 1.29 bits per heavy atom. The van der Waals surface area contributed by atoms with Gasteiger partial charge < -0.3 is 9.26 Å². The number of likely N-dealkylation sites (tertiary alicyclic amines) is 1. The lowest BCUT2D eigenvalue weighted by Gasteiger charge is -2.18. The van der Waals surface area contributed by atoms with Crippen LogP contribution in [-0.2, 0) is 11.3 Å². The second kappa shape index (κ2) is 9.15. The minimum Gasteiger partial charge on any atom is -0.459 e. The summed E-state index contributed by atoms with van der Waals surface area (Å²) in [7, 11) is 0. The molecular weight excluding hydrogens is 350 g/mol. The van der Waals surface area contributed by atoms with Crippen LogP contribution in [0.4, 0.5) is 0 Å². The van der Waals surface area contributed by atoms with Crippen molar-refractivity contribution in [3.63, 3.8) is 0 Å². The van der Waals surface area contributed by atoms with E-state index in [4.69, 9.17) is 9.26 Å². The number of halogens is 1. The van der Waals surface area contributed by atoms with Crippen LogP contribution in [0.2, 0.25) is 0 Å². The van der Waals surface area contributed by atoms with Gasteiger partial charge in [0.15, 0.2) is 0 Å². The predicted octanol–water partition coefficient (Wildman–Crippen LogP) is 3.77. The highest BCUT2D eigenvalue weighted by atomic mass is 35.5. The molecule has 1 aliphatic heterocycles. The predicted molar refractivity (Wildman–Crippen MR) is 94.6 cm³/mol. The fourth-order valence-electron chi connectivity index (χ4n) is 2.70. The van der Waals surface area contributed by atoms with Crippen molar-refractivity contribution in [2.75, 3.05) is 19.7 Å². The van der Waals surface area contributed by atoms with Crippen LogP contribution in [0.1, 0.15) is 48.2 Å². The van der Waals surface area contributed by atoms with E-state index in [2.05, 4.69) is 21.1 Å². The van der Waals surface area contributed by atoms with Crippen LogP contribution in [0.25, 0.3) is 10.7 Å². The van der Waals surface area contributed by atoms with Crippen LogP contribution in [0.15, 0.2) is 16.7 Å². The normalized spacial score (nSPS) is 15.5. The molecule has 2 aromatic rings. The lowest BCUT2D eigenvalue weighted by molar-refractivity contribution is 0.0470. The van der Waals surface area contributed by atoms with Gasteiger partial charge in [-0.2, -0.15) is 4.98 Å². The third-order valence-corrected chi connectivity index (χ3v) is 4.90. The van der Waals surface area contributed by atoms with E-state index >= 15 is 0 Å². The first kappa shape index (κ1) is 18.9. The number of hydrogen-bond donors (Lipinski definition) is 0. The Labute approximate surface area is 151 Å². The van der Waals surface area contributed by atoms with Gasteiger partial charge in [0.2, 0.25) is 5.82 Å². The van der Waals surface area contributed by atoms with E-state index in [1.54, 1.807) is 18.3 Å². The molecule has 0 unspecified atom stereocenters. The van der Waals surface area contributed by atoms with Gasteiger partial charge >= 0.3 is 11.9 Å². The van der Waals surface area contributed by atoms with Crippen LogP contribution in [0.3, 0.4) is 0 Å². The van der Waals surface area contributed by atoms with Gasteiger partial charge in [-0.05, 0) is 45.0 Å². The number of nitrogens with zero attached hydrogens (tertiary/aromatic N) is 3. The van der Waals surface area contributed by atoms with Crippen molar-refractivity contribution in [1.29, 1.82) is 0 Å². The van der Waals surface area contributed by atoms with Crippen LogP contribution in [0, 0.1) is 0 Å². The number of thiophene rings is 1. The Morgan fingerprint density at radius 3 is 2.75 bits per heavy atom. The molecule has 0 radical (unpaired) electrons. The summed E-state index contributed by atoms with van der Waals surface area (Å²) in [5, 5.41) is 3.87. The smallest absolute Gasteiger partial charge is 0.397 e. The molecule has 0 saturated carbocycles. The second-order valence-electron chi connectivity index (χ2n) is 5.60. The van der Waals surface area contributed by atoms with Gasteiger partial charge in [-0.25, -0.2) is 4.79 Å². The van der Waals surface area contributed by atoms with Crippen LogP contribution in [-0.4, -0.2) is 40.7 Å². The number of ether oxygens (including phenoxy) is 1. The molecule has 2 aromatic heterocycles. The molecule has 1 saturated heterocycles. The van der Waals surface area contributed by atoms with Crippen molar-refractivity contribution >= 4 is 29.7 Å². The Balaban J connectivity index is 0.00000208. The van der Waals surface area contributed by atoms with E-state index in [0.717, 1.165) is 11.4 Å². The monoisotopic (exact) mass is 371 g/mol. The van der Waals surface area contributed by atoms with Gasteiger partial charge in [0.1, 0.15) is 0 Å². The highest BCUT2D eigenvalue weighted by Gasteiger charge is 2.18. The molecule has 0 bridgehead atoms.